The molecule has 0 aliphatic heterocycles. The third kappa shape index (κ3) is 2.09. The molecule has 64 valence electrons. The van der Waals surface area contributed by atoms with Crippen LogP contribution in [0.15, 0.2) is 35.3 Å². The van der Waals surface area contributed by atoms with Crippen molar-refractivity contribution in [2.45, 2.75) is 6.10 Å². The van der Waals surface area contributed by atoms with Crippen LogP contribution in [0.1, 0.15) is 11.7 Å². The van der Waals surface area contributed by atoms with Crippen LogP contribution in [0.5, 0.6) is 0 Å². The number of hydrogen-bond donors (Lipinski definition) is 1. The van der Waals surface area contributed by atoms with E-state index in [1.165, 1.54) is 6.08 Å². The average Bonchev–Trinajstić information content (AvgIpc) is 2.03. The van der Waals surface area contributed by atoms with Crippen LogP contribution >= 0.6 is 27.5 Å². The minimum Gasteiger partial charge on any atom is -0.384 e. The zero-order chi connectivity index (χ0) is 9.14. The van der Waals surface area contributed by atoms with Crippen molar-refractivity contribution in [1.29, 1.82) is 0 Å². The molecule has 0 saturated carbocycles. The van der Waals surface area contributed by atoms with E-state index >= 15 is 0 Å². The van der Waals surface area contributed by atoms with Crippen LogP contribution in [-0.4, -0.2) is 5.11 Å². The average molecular weight is 248 g/mol. The Morgan fingerprint density at radius 3 is 2.75 bits per heavy atom. The SMILES string of the molecule is C=CC(O)c1ccc(Br)cc1Cl. The standard InChI is InChI=1S/C9H8BrClO/c1-2-9(12)7-4-3-6(10)5-8(7)11/h2-5,9,12H,1H2. The Bertz CT molecular complexity index is 299. The smallest absolute Gasteiger partial charge is 0.0983 e. The lowest BCUT2D eigenvalue weighted by molar-refractivity contribution is 0.229. The first kappa shape index (κ1) is 9.78. The Labute approximate surface area is 84.8 Å². The summed E-state index contributed by atoms with van der Waals surface area (Å²) in [6, 6.07) is 5.33. The number of halogens is 2. The largest absolute Gasteiger partial charge is 0.384 e. The van der Waals surface area contributed by atoms with E-state index in [2.05, 4.69) is 22.5 Å². The predicted molar refractivity (Wildman–Crippen MR) is 54.3 cm³/mol. The summed E-state index contributed by atoms with van der Waals surface area (Å²) in [4.78, 5) is 0. The lowest BCUT2D eigenvalue weighted by atomic mass is 10.1. The van der Waals surface area contributed by atoms with E-state index < -0.39 is 6.10 Å². The van der Waals surface area contributed by atoms with Crippen molar-refractivity contribution in [3.05, 3.63) is 45.9 Å². The normalized spacial score (nSPS) is 12.6. The lowest BCUT2D eigenvalue weighted by Gasteiger charge is -2.07. The number of aliphatic hydroxyl groups is 1. The molecule has 0 heterocycles. The second-order valence-electron chi connectivity index (χ2n) is 2.35. The zero-order valence-electron chi connectivity index (χ0n) is 6.30. The van der Waals surface area contributed by atoms with Crippen LogP contribution in [0, 0.1) is 0 Å². The summed E-state index contributed by atoms with van der Waals surface area (Å²) in [6.07, 6.45) is 0.750. The third-order valence-electron chi connectivity index (χ3n) is 1.50. The van der Waals surface area contributed by atoms with E-state index in [9.17, 15) is 5.11 Å². The van der Waals surface area contributed by atoms with Crippen molar-refractivity contribution in [2.24, 2.45) is 0 Å². The van der Waals surface area contributed by atoms with Crippen molar-refractivity contribution >= 4 is 27.5 Å². The van der Waals surface area contributed by atoms with Crippen molar-refractivity contribution < 1.29 is 5.11 Å². The van der Waals surface area contributed by atoms with Crippen molar-refractivity contribution in [3.8, 4) is 0 Å². The van der Waals surface area contributed by atoms with Gasteiger partial charge in [0.15, 0.2) is 0 Å². The van der Waals surface area contributed by atoms with Gasteiger partial charge in [0, 0.05) is 15.1 Å². The van der Waals surface area contributed by atoms with Crippen LogP contribution in [0.2, 0.25) is 5.02 Å². The molecule has 1 aromatic rings. The molecule has 1 aromatic carbocycles. The summed E-state index contributed by atoms with van der Waals surface area (Å²) in [5.74, 6) is 0. The van der Waals surface area contributed by atoms with E-state index in [4.69, 9.17) is 11.6 Å². The summed E-state index contributed by atoms with van der Waals surface area (Å²) in [6.45, 7) is 3.48. The number of aliphatic hydroxyl groups excluding tert-OH is 1. The quantitative estimate of drug-likeness (QED) is 0.795. The second-order valence-corrected chi connectivity index (χ2v) is 3.67. The van der Waals surface area contributed by atoms with Gasteiger partial charge in [0.05, 0.1) is 6.10 Å². The topological polar surface area (TPSA) is 20.2 Å². The maximum atomic E-state index is 9.38. The maximum Gasteiger partial charge on any atom is 0.0983 e. The molecule has 0 radical (unpaired) electrons. The lowest BCUT2D eigenvalue weighted by Crippen LogP contribution is -1.92. The second kappa shape index (κ2) is 4.08. The number of rotatable bonds is 2. The van der Waals surface area contributed by atoms with Gasteiger partial charge in [-0.05, 0) is 12.1 Å². The Balaban J connectivity index is 3.09. The van der Waals surface area contributed by atoms with E-state index in [0.717, 1.165) is 4.47 Å². The third-order valence-corrected chi connectivity index (χ3v) is 2.32. The van der Waals surface area contributed by atoms with Crippen molar-refractivity contribution in [1.82, 2.24) is 0 Å². The van der Waals surface area contributed by atoms with E-state index in [1.54, 1.807) is 12.1 Å². The molecule has 3 heteroatoms. The first-order valence-electron chi connectivity index (χ1n) is 3.40. The van der Waals surface area contributed by atoms with Crippen LogP contribution in [0.4, 0.5) is 0 Å². The summed E-state index contributed by atoms with van der Waals surface area (Å²) in [7, 11) is 0. The molecular formula is C9H8BrClO. The molecule has 12 heavy (non-hydrogen) atoms. The minimum atomic E-state index is -0.689. The molecule has 0 aliphatic carbocycles. The van der Waals surface area contributed by atoms with Gasteiger partial charge in [0.25, 0.3) is 0 Å². The molecule has 0 aliphatic rings. The summed E-state index contributed by atoms with van der Waals surface area (Å²) >= 11 is 9.14. The molecule has 0 bridgehead atoms. The van der Waals surface area contributed by atoms with Gasteiger partial charge in [-0.25, -0.2) is 0 Å². The monoisotopic (exact) mass is 246 g/mol. The van der Waals surface area contributed by atoms with E-state index in [1.807, 2.05) is 6.07 Å². The molecule has 0 saturated heterocycles. The molecular weight excluding hydrogens is 239 g/mol. The van der Waals surface area contributed by atoms with Gasteiger partial charge in [-0.2, -0.15) is 0 Å². The summed E-state index contributed by atoms with van der Waals surface area (Å²) in [5.41, 5.74) is 0.676. The number of benzene rings is 1. The highest BCUT2D eigenvalue weighted by Gasteiger charge is 2.07. The van der Waals surface area contributed by atoms with Gasteiger partial charge in [0.1, 0.15) is 0 Å². The molecule has 1 unspecified atom stereocenters. The Hall–Kier alpha value is -0.310. The molecule has 1 rings (SSSR count). The highest BCUT2D eigenvalue weighted by atomic mass is 79.9. The van der Waals surface area contributed by atoms with Gasteiger partial charge in [-0.3, -0.25) is 0 Å². The Morgan fingerprint density at radius 1 is 1.58 bits per heavy atom. The maximum absolute atomic E-state index is 9.38. The highest BCUT2D eigenvalue weighted by molar-refractivity contribution is 9.10. The number of hydrogen-bond acceptors (Lipinski definition) is 1. The van der Waals surface area contributed by atoms with Crippen molar-refractivity contribution in [2.75, 3.05) is 0 Å². The fraction of sp³-hybridized carbons (Fsp3) is 0.111. The van der Waals surface area contributed by atoms with Gasteiger partial charge >= 0.3 is 0 Å². The van der Waals surface area contributed by atoms with Crippen LogP contribution in [0.25, 0.3) is 0 Å². The summed E-state index contributed by atoms with van der Waals surface area (Å²) < 4.78 is 0.896. The summed E-state index contributed by atoms with van der Waals surface area (Å²) in [5, 5.41) is 9.92. The molecule has 0 amide bonds. The fourth-order valence-electron chi connectivity index (χ4n) is 0.868. The van der Waals surface area contributed by atoms with Crippen LogP contribution in [-0.2, 0) is 0 Å². The molecule has 0 spiro atoms. The first-order chi connectivity index (χ1) is 5.65. The van der Waals surface area contributed by atoms with Gasteiger partial charge < -0.3 is 5.11 Å². The molecule has 1 nitrogen and oxygen atoms in total. The van der Waals surface area contributed by atoms with Crippen molar-refractivity contribution in [3.63, 3.8) is 0 Å². The zero-order valence-corrected chi connectivity index (χ0v) is 8.64. The first-order valence-corrected chi connectivity index (χ1v) is 4.58. The molecule has 0 aromatic heterocycles. The molecule has 0 fully saturated rings. The van der Waals surface area contributed by atoms with Gasteiger partial charge in [-0.15, -0.1) is 6.58 Å². The predicted octanol–water partition coefficient (Wildman–Crippen LogP) is 3.32. The Kier molecular flexibility index (Phi) is 3.32. The van der Waals surface area contributed by atoms with E-state index in [-0.39, 0.29) is 0 Å². The minimum absolute atomic E-state index is 0.539. The van der Waals surface area contributed by atoms with Crippen LogP contribution in [0.3, 0.4) is 0 Å². The van der Waals surface area contributed by atoms with Gasteiger partial charge in [0.2, 0.25) is 0 Å². The van der Waals surface area contributed by atoms with Gasteiger partial charge in [-0.1, -0.05) is 39.7 Å². The highest BCUT2D eigenvalue weighted by Crippen LogP contribution is 2.26. The van der Waals surface area contributed by atoms with E-state index in [0.29, 0.717) is 10.6 Å². The Morgan fingerprint density at radius 2 is 2.25 bits per heavy atom. The molecule has 1 N–H and O–H groups in total. The fourth-order valence-corrected chi connectivity index (χ4v) is 1.65. The van der Waals surface area contributed by atoms with Crippen LogP contribution < -0.4 is 0 Å². The molecule has 1 atom stereocenters.